The van der Waals surface area contributed by atoms with Gasteiger partial charge >= 0.3 is 0 Å². The van der Waals surface area contributed by atoms with Crippen molar-refractivity contribution < 1.29 is 4.79 Å². The van der Waals surface area contributed by atoms with Crippen LogP contribution in [0.5, 0.6) is 0 Å². The van der Waals surface area contributed by atoms with Gasteiger partial charge in [-0.05, 0) is 24.1 Å². The molecule has 0 unspecified atom stereocenters. The van der Waals surface area contributed by atoms with E-state index >= 15 is 0 Å². The molecule has 62 valence electrons. The van der Waals surface area contributed by atoms with Crippen LogP contribution in [0.1, 0.15) is 19.0 Å². The van der Waals surface area contributed by atoms with Crippen LogP contribution in [0.2, 0.25) is 0 Å². The van der Waals surface area contributed by atoms with E-state index in [1.807, 2.05) is 6.92 Å². The Labute approximate surface area is 71.2 Å². The molecule has 0 aliphatic rings. The zero-order valence-corrected chi connectivity index (χ0v) is 6.90. The first-order chi connectivity index (χ1) is 5.86. The van der Waals surface area contributed by atoms with Crippen molar-refractivity contribution in [3.05, 3.63) is 29.9 Å². The Balaban J connectivity index is 2.86. The highest BCUT2D eigenvalue weighted by Gasteiger charge is 1.92. The molecular formula is C9H10N2O. The topological polar surface area (TPSA) is 42.9 Å². The molecule has 3 heteroatoms. The van der Waals surface area contributed by atoms with Crippen molar-refractivity contribution in [2.24, 2.45) is 0 Å². The molecule has 0 saturated heterocycles. The maximum atomic E-state index is 10.4. The van der Waals surface area contributed by atoms with Crippen LogP contribution in [-0.2, 0) is 4.79 Å². The summed E-state index contributed by atoms with van der Waals surface area (Å²) in [6.45, 7) is 1.93. The van der Waals surface area contributed by atoms with E-state index in [0.29, 0.717) is 0 Å². The van der Waals surface area contributed by atoms with Gasteiger partial charge in [-0.25, -0.2) is 9.97 Å². The Kier molecular flexibility index (Phi) is 3.14. The van der Waals surface area contributed by atoms with Crippen molar-refractivity contribution >= 4 is 12.4 Å². The van der Waals surface area contributed by atoms with Gasteiger partial charge in [0.25, 0.3) is 0 Å². The minimum atomic E-state index is 0.730. The first kappa shape index (κ1) is 8.59. The van der Waals surface area contributed by atoms with Crippen molar-refractivity contribution in [3.63, 3.8) is 0 Å². The smallest absolute Gasteiger partial charge is 0.146 e. The molecule has 0 spiro atoms. The SMILES string of the molecule is CCC(C=O)=Cc1ccncn1. The Morgan fingerprint density at radius 2 is 2.50 bits per heavy atom. The lowest BCUT2D eigenvalue weighted by molar-refractivity contribution is -0.104. The third-order valence-electron chi connectivity index (χ3n) is 1.50. The first-order valence-electron chi connectivity index (χ1n) is 3.78. The minimum absolute atomic E-state index is 0.730. The molecule has 0 saturated carbocycles. The molecule has 0 aromatic carbocycles. The second-order valence-corrected chi connectivity index (χ2v) is 2.32. The summed E-state index contributed by atoms with van der Waals surface area (Å²) in [5, 5.41) is 0. The van der Waals surface area contributed by atoms with Crippen LogP contribution in [0.15, 0.2) is 24.2 Å². The summed E-state index contributed by atoms with van der Waals surface area (Å²) in [5.74, 6) is 0. The molecule has 0 amide bonds. The third-order valence-corrected chi connectivity index (χ3v) is 1.50. The third kappa shape index (κ3) is 2.27. The second kappa shape index (κ2) is 4.38. The van der Waals surface area contributed by atoms with Gasteiger partial charge in [0.15, 0.2) is 0 Å². The van der Waals surface area contributed by atoms with E-state index in [-0.39, 0.29) is 0 Å². The Morgan fingerprint density at radius 1 is 1.67 bits per heavy atom. The van der Waals surface area contributed by atoms with E-state index in [4.69, 9.17) is 0 Å². The summed E-state index contributed by atoms with van der Waals surface area (Å²) in [6, 6.07) is 1.76. The Morgan fingerprint density at radius 3 is 3.00 bits per heavy atom. The highest BCUT2D eigenvalue weighted by atomic mass is 16.1. The van der Waals surface area contributed by atoms with E-state index in [1.54, 1.807) is 18.3 Å². The maximum absolute atomic E-state index is 10.4. The van der Waals surface area contributed by atoms with Crippen LogP contribution in [0.4, 0.5) is 0 Å². The van der Waals surface area contributed by atoms with Crippen LogP contribution in [-0.4, -0.2) is 16.3 Å². The zero-order chi connectivity index (χ0) is 8.81. The summed E-state index contributed by atoms with van der Waals surface area (Å²) in [6.07, 6.45) is 6.45. The molecule has 0 N–H and O–H groups in total. The van der Waals surface area contributed by atoms with E-state index in [2.05, 4.69) is 9.97 Å². The molecule has 0 fully saturated rings. The Bertz CT molecular complexity index is 280. The predicted molar refractivity (Wildman–Crippen MR) is 46.4 cm³/mol. The predicted octanol–water partition coefficient (Wildman–Crippen LogP) is 1.47. The van der Waals surface area contributed by atoms with Gasteiger partial charge in [0.1, 0.15) is 12.6 Å². The lowest BCUT2D eigenvalue weighted by atomic mass is 10.2. The van der Waals surface area contributed by atoms with Gasteiger partial charge in [0, 0.05) is 6.20 Å². The molecule has 0 aliphatic carbocycles. The minimum Gasteiger partial charge on any atom is -0.298 e. The van der Waals surface area contributed by atoms with E-state index in [0.717, 1.165) is 24.0 Å². The van der Waals surface area contributed by atoms with Gasteiger partial charge in [0.2, 0.25) is 0 Å². The Hall–Kier alpha value is -1.51. The molecule has 1 aromatic heterocycles. The second-order valence-electron chi connectivity index (χ2n) is 2.32. The van der Waals surface area contributed by atoms with Crippen molar-refractivity contribution in [3.8, 4) is 0 Å². The zero-order valence-electron chi connectivity index (χ0n) is 6.90. The van der Waals surface area contributed by atoms with Gasteiger partial charge in [-0.1, -0.05) is 6.92 Å². The number of carbonyl (C=O) groups excluding carboxylic acids is 1. The largest absolute Gasteiger partial charge is 0.298 e. The van der Waals surface area contributed by atoms with Crippen molar-refractivity contribution in [1.29, 1.82) is 0 Å². The number of hydrogen-bond donors (Lipinski definition) is 0. The highest BCUT2D eigenvalue weighted by Crippen LogP contribution is 2.03. The number of aromatic nitrogens is 2. The fourth-order valence-electron chi connectivity index (χ4n) is 0.796. The number of aldehydes is 1. The molecule has 0 bridgehead atoms. The molecule has 0 radical (unpaired) electrons. The number of nitrogens with zero attached hydrogens (tertiary/aromatic N) is 2. The summed E-state index contributed by atoms with van der Waals surface area (Å²) < 4.78 is 0. The number of rotatable bonds is 3. The summed E-state index contributed by atoms with van der Waals surface area (Å²) in [4.78, 5) is 18.2. The fraction of sp³-hybridized carbons (Fsp3) is 0.222. The first-order valence-corrected chi connectivity index (χ1v) is 3.78. The molecule has 1 aromatic rings. The summed E-state index contributed by atoms with van der Waals surface area (Å²) in [5.41, 5.74) is 1.52. The van der Waals surface area contributed by atoms with Gasteiger partial charge in [-0.2, -0.15) is 0 Å². The molecular weight excluding hydrogens is 152 g/mol. The highest BCUT2D eigenvalue weighted by molar-refractivity contribution is 5.80. The van der Waals surface area contributed by atoms with Gasteiger partial charge < -0.3 is 0 Å². The number of allylic oxidation sites excluding steroid dienone is 1. The fourth-order valence-corrected chi connectivity index (χ4v) is 0.796. The summed E-state index contributed by atoms with van der Waals surface area (Å²) >= 11 is 0. The molecule has 1 rings (SSSR count). The maximum Gasteiger partial charge on any atom is 0.146 e. The number of carbonyl (C=O) groups is 1. The standard InChI is InChI=1S/C9H10N2O/c1-2-8(6-12)5-9-3-4-10-7-11-9/h3-7H,2H2,1H3. The van der Waals surface area contributed by atoms with E-state index in [9.17, 15) is 4.79 Å². The summed E-state index contributed by atoms with van der Waals surface area (Å²) in [7, 11) is 0. The van der Waals surface area contributed by atoms with Crippen molar-refractivity contribution in [2.45, 2.75) is 13.3 Å². The lowest BCUT2D eigenvalue weighted by Gasteiger charge is -1.93. The van der Waals surface area contributed by atoms with Crippen molar-refractivity contribution in [2.75, 3.05) is 0 Å². The normalized spacial score (nSPS) is 11.2. The van der Waals surface area contributed by atoms with Crippen LogP contribution in [0.3, 0.4) is 0 Å². The molecule has 1 heterocycles. The van der Waals surface area contributed by atoms with Gasteiger partial charge in [-0.15, -0.1) is 0 Å². The average molecular weight is 162 g/mol. The lowest BCUT2D eigenvalue weighted by Crippen LogP contribution is -1.85. The number of hydrogen-bond acceptors (Lipinski definition) is 3. The van der Waals surface area contributed by atoms with Gasteiger partial charge in [0.05, 0.1) is 5.69 Å². The van der Waals surface area contributed by atoms with Crippen molar-refractivity contribution in [1.82, 2.24) is 9.97 Å². The van der Waals surface area contributed by atoms with Gasteiger partial charge in [-0.3, -0.25) is 4.79 Å². The monoisotopic (exact) mass is 162 g/mol. The molecule has 0 aliphatic heterocycles. The van der Waals surface area contributed by atoms with Crippen LogP contribution < -0.4 is 0 Å². The van der Waals surface area contributed by atoms with Crippen LogP contribution in [0.25, 0.3) is 6.08 Å². The van der Waals surface area contributed by atoms with E-state index < -0.39 is 0 Å². The van der Waals surface area contributed by atoms with Crippen LogP contribution in [0, 0.1) is 0 Å². The quantitative estimate of drug-likeness (QED) is 0.499. The van der Waals surface area contributed by atoms with E-state index in [1.165, 1.54) is 6.33 Å². The van der Waals surface area contributed by atoms with Crippen LogP contribution >= 0.6 is 0 Å². The average Bonchev–Trinajstić information content (AvgIpc) is 2.16. The molecule has 12 heavy (non-hydrogen) atoms. The molecule has 0 atom stereocenters. The molecule has 3 nitrogen and oxygen atoms in total.